The summed E-state index contributed by atoms with van der Waals surface area (Å²) in [6, 6.07) is 0. The number of carbonyl (C=O) groups excluding carboxylic acids is 2. The lowest BCUT2D eigenvalue weighted by Gasteiger charge is -2.15. The fourth-order valence-corrected chi connectivity index (χ4v) is 5.54. The molecule has 0 fully saturated rings. The normalized spacial score (nSPS) is 12.6. The SMILES string of the molecule is CCCCC/C=C\C/C=C\C/C=C\C/C=C\CCCCCC(=O)OC[C@H](CO)OC(=O)CCCCCCCCCCCCCCCCC. The van der Waals surface area contributed by atoms with Gasteiger partial charge in [-0.25, -0.2) is 0 Å². The van der Waals surface area contributed by atoms with Crippen LogP contribution in [0.3, 0.4) is 0 Å². The van der Waals surface area contributed by atoms with Crippen molar-refractivity contribution < 1.29 is 24.2 Å². The van der Waals surface area contributed by atoms with E-state index in [0.29, 0.717) is 12.8 Å². The summed E-state index contributed by atoms with van der Waals surface area (Å²) in [5.74, 6) is -0.624. The van der Waals surface area contributed by atoms with Crippen molar-refractivity contribution in [2.45, 2.75) is 200 Å². The van der Waals surface area contributed by atoms with Crippen LogP contribution in [-0.2, 0) is 19.1 Å². The van der Waals surface area contributed by atoms with Gasteiger partial charge in [0.05, 0.1) is 6.61 Å². The zero-order chi connectivity index (χ0) is 35.0. The van der Waals surface area contributed by atoms with E-state index in [1.165, 1.54) is 103 Å². The molecule has 0 aromatic heterocycles. The molecule has 0 spiro atoms. The lowest BCUT2D eigenvalue weighted by atomic mass is 10.0. The molecule has 48 heavy (non-hydrogen) atoms. The molecule has 0 aliphatic rings. The summed E-state index contributed by atoms with van der Waals surface area (Å²) in [4.78, 5) is 24.3. The van der Waals surface area contributed by atoms with Gasteiger partial charge in [0.1, 0.15) is 6.61 Å². The number of carbonyl (C=O) groups is 2. The molecule has 0 saturated heterocycles. The molecule has 1 N–H and O–H groups in total. The summed E-state index contributed by atoms with van der Waals surface area (Å²) in [6.07, 6.45) is 48.8. The first-order valence-corrected chi connectivity index (χ1v) is 20.2. The Kier molecular flexibility index (Phi) is 37.5. The van der Waals surface area contributed by atoms with Gasteiger partial charge in [-0.05, 0) is 57.8 Å². The highest BCUT2D eigenvalue weighted by molar-refractivity contribution is 5.70. The number of aliphatic hydroxyl groups is 1. The fourth-order valence-electron chi connectivity index (χ4n) is 5.54. The van der Waals surface area contributed by atoms with Gasteiger partial charge in [0.15, 0.2) is 6.10 Å². The first kappa shape index (κ1) is 45.9. The van der Waals surface area contributed by atoms with Gasteiger partial charge in [-0.3, -0.25) is 9.59 Å². The van der Waals surface area contributed by atoms with Crippen LogP contribution in [0.2, 0.25) is 0 Å². The maximum atomic E-state index is 12.2. The monoisotopic (exact) mass is 673 g/mol. The van der Waals surface area contributed by atoms with Crippen molar-refractivity contribution in [1.82, 2.24) is 0 Å². The van der Waals surface area contributed by atoms with Crippen molar-refractivity contribution in [3.63, 3.8) is 0 Å². The molecule has 0 aromatic rings. The summed E-state index contributed by atoms with van der Waals surface area (Å²) < 4.78 is 10.6. The molecule has 0 rings (SSSR count). The largest absolute Gasteiger partial charge is 0.462 e. The Morgan fingerprint density at radius 2 is 0.833 bits per heavy atom. The molecule has 5 nitrogen and oxygen atoms in total. The van der Waals surface area contributed by atoms with E-state index in [2.05, 4.69) is 62.5 Å². The maximum absolute atomic E-state index is 12.2. The minimum absolute atomic E-state index is 0.0812. The Hall–Kier alpha value is -2.14. The second-order valence-electron chi connectivity index (χ2n) is 13.4. The first-order chi connectivity index (χ1) is 23.6. The predicted molar refractivity (Wildman–Crippen MR) is 205 cm³/mol. The van der Waals surface area contributed by atoms with Gasteiger partial charge in [0.25, 0.3) is 0 Å². The van der Waals surface area contributed by atoms with Crippen molar-refractivity contribution in [3.05, 3.63) is 48.6 Å². The van der Waals surface area contributed by atoms with Crippen LogP contribution in [-0.4, -0.2) is 36.4 Å². The Bertz CT molecular complexity index is 812. The average molecular weight is 673 g/mol. The Labute approximate surface area is 297 Å². The number of ether oxygens (including phenoxy) is 2. The molecule has 0 radical (unpaired) electrons. The number of esters is 2. The molecule has 0 saturated carbocycles. The molecule has 0 amide bonds. The van der Waals surface area contributed by atoms with E-state index in [-0.39, 0.29) is 25.2 Å². The molecule has 1 atom stereocenters. The minimum atomic E-state index is -0.782. The summed E-state index contributed by atoms with van der Waals surface area (Å²) in [5.41, 5.74) is 0. The molecule has 0 heterocycles. The van der Waals surface area contributed by atoms with Crippen LogP contribution in [0.15, 0.2) is 48.6 Å². The van der Waals surface area contributed by atoms with Gasteiger partial charge >= 0.3 is 11.9 Å². The molecule has 0 aliphatic carbocycles. The van der Waals surface area contributed by atoms with Crippen molar-refractivity contribution in [2.75, 3.05) is 13.2 Å². The van der Waals surface area contributed by atoms with Gasteiger partial charge in [-0.1, -0.05) is 172 Å². The van der Waals surface area contributed by atoms with E-state index in [1.54, 1.807) is 0 Å². The zero-order valence-electron chi connectivity index (χ0n) is 31.5. The first-order valence-electron chi connectivity index (χ1n) is 20.2. The molecular weight excluding hydrogens is 596 g/mol. The third kappa shape index (κ3) is 36.7. The fraction of sp³-hybridized carbons (Fsp3) is 0.767. The van der Waals surface area contributed by atoms with Crippen LogP contribution in [0, 0.1) is 0 Å². The van der Waals surface area contributed by atoms with E-state index in [4.69, 9.17) is 9.47 Å². The van der Waals surface area contributed by atoms with Crippen LogP contribution >= 0.6 is 0 Å². The van der Waals surface area contributed by atoms with Crippen LogP contribution in [0.5, 0.6) is 0 Å². The van der Waals surface area contributed by atoms with E-state index in [9.17, 15) is 14.7 Å². The van der Waals surface area contributed by atoms with Crippen LogP contribution in [0.25, 0.3) is 0 Å². The third-order valence-electron chi connectivity index (χ3n) is 8.63. The summed E-state index contributed by atoms with van der Waals surface area (Å²) in [7, 11) is 0. The Morgan fingerprint density at radius 3 is 1.29 bits per heavy atom. The van der Waals surface area contributed by atoms with Crippen LogP contribution in [0.1, 0.15) is 194 Å². The molecule has 0 unspecified atom stereocenters. The Morgan fingerprint density at radius 1 is 0.479 bits per heavy atom. The van der Waals surface area contributed by atoms with E-state index >= 15 is 0 Å². The maximum Gasteiger partial charge on any atom is 0.306 e. The quantitative estimate of drug-likeness (QED) is 0.0407. The van der Waals surface area contributed by atoms with Gasteiger partial charge in [0, 0.05) is 12.8 Å². The van der Waals surface area contributed by atoms with Gasteiger partial charge in [-0.15, -0.1) is 0 Å². The van der Waals surface area contributed by atoms with E-state index < -0.39 is 6.10 Å². The number of allylic oxidation sites excluding steroid dienone is 8. The second kappa shape index (κ2) is 39.3. The van der Waals surface area contributed by atoms with Gasteiger partial charge in [-0.2, -0.15) is 0 Å². The van der Waals surface area contributed by atoms with Gasteiger partial charge < -0.3 is 14.6 Å². The topological polar surface area (TPSA) is 72.8 Å². The lowest BCUT2D eigenvalue weighted by molar-refractivity contribution is -0.161. The molecule has 5 heteroatoms. The lowest BCUT2D eigenvalue weighted by Crippen LogP contribution is -2.28. The van der Waals surface area contributed by atoms with Crippen molar-refractivity contribution in [3.8, 4) is 0 Å². The summed E-state index contributed by atoms with van der Waals surface area (Å²) in [5, 5.41) is 9.55. The molecule has 0 aliphatic heterocycles. The average Bonchev–Trinajstić information content (AvgIpc) is 3.09. The number of aliphatic hydroxyl groups excluding tert-OH is 1. The second-order valence-corrected chi connectivity index (χ2v) is 13.4. The highest BCUT2D eigenvalue weighted by Crippen LogP contribution is 2.14. The van der Waals surface area contributed by atoms with E-state index in [1.807, 2.05) is 0 Å². The minimum Gasteiger partial charge on any atom is -0.462 e. The third-order valence-corrected chi connectivity index (χ3v) is 8.63. The smallest absolute Gasteiger partial charge is 0.306 e. The van der Waals surface area contributed by atoms with E-state index in [0.717, 1.165) is 64.2 Å². The molecular formula is C43H76O5. The standard InChI is InChI=1S/C43H76O5/c1-3-5-7-9-11-13-15-17-19-20-21-22-24-25-27-29-31-33-35-37-42(45)47-40-41(39-44)48-43(46)38-36-34-32-30-28-26-23-18-16-14-12-10-8-6-4-2/h11,13,17,19,21-22,25,27,41,44H,3-10,12,14-16,18,20,23-24,26,28-40H2,1-2H3/b13-11-,19-17-,22-21-,27-25-/t41-/m0/s1. The van der Waals surface area contributed by atoms with Crippen molar-refractivity contribution in [1.29, 1.82) is 0 Å². The molecule has 0 aromatic carbocycles. The highest BCUT2D eigenvalue weighted by Gasteiger charge is 2.16. The number of rotatable bonds is 36. The highest BCUT2D eigenvalue weighted by atomic mass is 16.6. The predicted octanol–water partition coefficient (Wildman–Crippen LogP) is 12.6. The van der Waals surface area contributed by atoms with Crippen LogP contribution < -0.4 is 0 Å². The zero-order valence-corrected chi connectivity index (χ0v) is 31.5. The molecule has 0 bridgehead atoms. The number of hydrogen-bond donors (Lipinski definition) is 1. The molecule has 278 valence electrons. The van der Waals surface area contributed by atoms with Crippen molar-refractivity contribution in [2.24, 2.45) is 0 Å². The number of hydrogen-bond acceptors (Lipinski definition) is 5. The number of unbranched alkanes of at least 4 members (excludes halogenated alkanes) is 20. The summed E-state index contributed by atoms with van der Waals surface area (Å²) >= 11 is 0. The Balaban J connectivity index is 3.62. The van der Waals surface area contributed by atoms with Crippen molar-refractivity contribution >= 4 is 11.9 Å². The van der Waals surface area contributed by atoms with Crippen LogP contribution in [0.4, 0.5) is 0 Å². The summed E-state index contributed by atoms with van der Waals surface area (Å²) in [6.45, 7) is 4.08. The van der Waals surface area contributed by atoms with Gasteiger partial charge in [0.2, 0.25) is 0 Å².